The molecule has 0 radical (unpaired) electrons. The Kier molecular flexibility index (Phi) is 6.02. The minimum atomic E-state index is 0.0969. The molecule has 0 aliphatic carbocycles. The lowest BCUT2D eigenvalue weighted by Crippen LogP contribution is -2.40. The van der Waals surface area contributed by atoms with Crippen molar-refractivity contribution in [3.8, 4) is 11.5 Å². The number of likely N-dealkylation sites (tertiary alicyclic amines) is 1. The van der Waals surface area contributed by atoms with Crippen molar-refractivity contribution in [3.05, 3.63) is 23.8 Å². The molecule has 0 aromatic heterocycles. The molecule has 1 aromatic rings. The van der Waals surface area contributed by atoms with Gasteiger partial charge < -0.3 is 14.4 Å². The lowest BCUT2D eigenvalue weighted by atomic mass is 9.91. The number of methoxy groups -OCH3 is 2. The van der Waals surface area contributed by atoms with Crippen molar-refractivity contribution >= 4 is 11.7 Å². The maximum Gasteiger partial charge on any atom is 0.226 e. The molecule has 2 rings (SSSR count). The first-order valence-electron chi connectivity index (χ1n) is 8.10. The van der Waals surface area contributed by atoms with Crippen LogP contribution >= 0.6 is 0 Å². The predicted molar refractivity (Wildman–Crippen MR) is 87.9 cm³/mol. The topological polar surface area (TPSA) is 55.8 Å². The fourth-order valence-electron chi connectivity index (χ4n) is 3.02. The molecular weight excluding hydrogens is 294 g/mol. The summed E-state index contributed by atoms with van der Waals surface area (Å²) in [4.78, 5) is 26.0. The highest BCUT2D eigenvalue weighted by Gasteiger charge is 2.26. The number of nitrogens with zero attached hydrogens (tertiary/aromatic N) is 1. The normalized spacial score (nSPS) is 15.3. The summed E-state index contributed by atoms with van der Waals surface area (Å²) in [6.07, 6.45) is 2.49. The fraction of sp³-hybridized carbons (Fsp3) is 0.556. The second-order valence-electron chi connectivity index (χ2n) is 5.84. The molecule has 0 bridgehead atoms. The number of piperidine rings is 1. The van der Waals surface area contributed by atoms with E-state index in [4.69, 9.17) is 9.47 Å². The number of amides is 1. The summed E-state index contributed by atoms with van der Waals surface area (Å²) in [5.74, 6) is 1.83. The monoisotopic (exact) mass is 319 g/mol. The maximum absolute atomic E-state index is 12.4. The van der Waals surface area contributed by atoms with Gasteiger partial charge in [-0.25, -0.2) is 0 Å². The number of rotatable bonds is 6. The van der Waals surface area contributed by atoms with Crippen LogP contribution in [0.4, 0.5) is 0 Å². The van der Waals surface area contributed by atoms with Crippen LogP contribution in [0.5, 0.6) is 11.5 Å². The van der Waals surface area contributed by atoms with Crippen LogP contribution in [0.1, 0.15) is 31.7 Å². The summed E-state index contributed by atoms with van der Waals surface area (Å²) >= 11 is 0. The molecule has 1 amide bonds. The lowest BCUT2D eigenvalue weighted by molar-refractivity contribution is -0.134. The number of benzene rings is 1. The average Bonchev–Trinajstić information content (AvgIpc) is 2.60. The Morgan fingerprint density at radius 2 is 1.78 bits per heavy atom. The maximum atomic E-state index is 12.4. The summed E-state index contributed by atoms with van der Waals surface area (Å²) in [5, 5.41) is 0. The van der Waals surface area contributed by atoms with Gasteiger partial charge in [-0.2, -0.15) is 0 Å². The smallest absolute Gasteiger partial charge is 0.226 e. The summed E-state index contributed by atoms with van der Waals surface area (Å²) in [6, 6.07) is 5.53. The SMILES string of the molecule is CCC(=O)C1CCN(C(=O)Cc2ccc(OC)c(OC)c2)CC1. The molecule has 126 valence electrons. The molecule has 1 fully saturated rings. The zero-order valence-corrected chi connectivity index (χ0v) is 14.1. The van der Waals surface area contributed by atoms with Crippen molar-refractivity contribution in [2.75, 3.05) is 27.3 Å². The molecule has 5 nitrogen and oxygen atoms in total. The van der Waals surface area contributed by atoms with Gasteiger partial charge in [-0.05, 0) is 30.5 Å². The van der Waals surface area contributed by atoms with Crippen molar-refractivity contribution in [2.45, 2.75) is 32.6 Å². The zero-order valence-electron chi connectivity index (χ0n) is 14.1. The quantitative estimate of drug-likeness (QED) is 0.808. The third-order valence-corrected chi connectivity index (χ3v) is 4.45. The summed E-state index contributed by atoms with van der Waals surface area (Å²) in [5.41, 5.74) is 0.902. The van der Waals surface area contributed by atoms with Crippen LogP contribution < -0.4 is 9.47 Å². The van der Waals surface area contributed by atoms with Crippen LogP contribution in [0.15, 0.2) is 18.2 Å². The zero-order chi connectivity index (χ0) is 16.8. The fourth-order valence-corrected chi connectivity index (χ4v) is 3.02. The average molecular weight is 319 g/mol. The van der Waals surface area contributed by atoms with Gasteiger partial charge in [-0.15, -0.1) is 0 Å². The number of ether oxygens (including phenoxy) is 2. The first-order valence-corrected chi connectivity index (χ1v) is 8.10. The number of ketones is 1. The Hall–Kier alpha value is -2.04. The molecular formula is C18H25NO4. The minimum absolute atomic E-state index is 0.0969. The molecule has 1 heterocycles. The third-order valence-electron chi connectivity index (χ3n) is 4.45. The van der Waals surface area contributed by atoms with Gasteiger partial charge in [-0.3, -0.25) is 9.59 Å². The summed E-state index contributed by atoms with van der Waals surface area (Å²) in [7, 11) is 3.17. The Morgan fingerprint density at radius 3 is 2.35 bits per heavy atom. The Balaban J connectivity index is 1.94. The Labute approximate surface area is 137 Å². The largest absolute Gasteiger partial charge is 0.493 e. The van der Waals surface area contributed by atoms with Gasteiger partial charge in [0.05, 0.1) is 20.6 Å². The molecule has 0 atom stereocenters. The number of Topliss-reactive ketones (excluding diaryl/α,β-unsaturated/α-hetero) is 1. The van der Waals surface area contributed by atoms with Gasteiger partial charge in [0, 0.05) is 25.4 Å². The van der Waals surface area contributed by atoms with E-state index in [-0.39, 0.29) is 11.8 Å². The number of carbonyl (C=O) groups is 2. The summed E-state index contributed by atoms with van der Waals surface area (Å²) < 4.78 is 10.5. The molecule has 0 saturated carbocycles. The first kappa shape index (κ1) is 17.3. The van der Waals surface area contributed by atoms with E-state index in [1.54, 1.807) is 14.2 Å². The van der Waals surface area contributed by atoms with E-state index in [1.165, 1.54) is 0 Å². The number of hydrogen-bond acceptors (Lipinski definition) is 4. The van der Waals surface area contributed by atoms with Gasteiger partial charge in [0.25, 0.3) is 0 Å². The van der Waals surface area contributed by atoms with E-state index in [1.807, 2.05) is 30.0 Å². The molecule has 23 heavy (non-hydrogen) atoms. The van der Waals surface area contributed by atoms with Gasteiger partial charge in [-0.1, -0.05) is 13.0 Å². The van der Waals surface area contributed by atoms with Crippen LogP contribution in [0, 0.1) is 5.92 Å². The Morgan fingerprint density at radius 1 is 1.13 bits per heavy atom. The van der Waals surface area contributed by atoms with Crippen molar-refractivity contribution in [2.24, 2.45) is 5.92 Å². The van der Waals surface area contributed by atoms with E-state index < -0.39 is 0 Å². The van der Waals surface area contributed by atoms with Crippen molar-refractivity contribution in [1.82, 2.24) is 4.90 Å². The highest BCUT2D eigenvalue weighted by Crippen LogP contribution is 2.28. The van der Waals surface area contributed by atoms with Crippen LogP contribution in [0.2, 0.25) is 0 Å². The standard InChI is InChI=1S/C18H25NO4/c1-4-15(20)14-7-9-19(10-8-14)18(21)12-13-5-6-16(22-2)17(11-13)23-3/h5-6,11,14H,4,7-10,12H2,1-3H3. The lowest BCUT2D eigenvalue weighted by Gasteiger charge is -2.31. The highest BCUT2D eigenvalue weighted by molar-refractivity contribution is 5.82. The molecule has 1 aliphatic rings. The van der Waals surface area contributed by atoms with Crippen LogP contribution in [-0.2, 0) is 16.0 Å². The highest BCUT2D eigenvalue weighted by atomic mass is 16.5. The van der Waals surface area contributed by atoms with E-state index in [2.05, 4.69) is 0 Å². The number of hydrogen-bond donors (Lipinski definition) is 0. The first-order chi connectivity index (χ1) is 11.1. The molecule has 1 saturated heterocycles. The van der Waals surface area contributed by atoms with Crippen molar-refractivity contribution in [1.29, 1.82) is 0 Å². The van der Waals surface area contributed by atoms with E-state index in [0.717, 1.165) is 18.4 Å². The van der Waals surface area contributed by atoms with Gasteiger partial charge >= 0.3 is 0 Å². The van der Waals surface area contributed by atoms with Gasteiger partial charge in [0.1, 0.15) is 5.78 Å². The van der Waals surface area contributed by atoms with Gasteiger partial charge in [0.2, 0.25) is 5.91 Å². The van der Waals surface area contributed by atoms with Crippen LogP contribution in [0.25, 0.3) is 0 Å². The molecule has 0 spiro atoms. The van der Waals surface area contributed by atoms with Gasteiger partial charge in [0.15, 0.2) is 11.5 Å². The van der Waals surface area contributed by atoms with Crippen molar-refractivity contribution in [3.63, 3.8) is 0 Å². The molecule has 0 unspecified atom stereocenters. The van der Waals surface area contributed by atoms with Crippen LogP contribution in [-0.4, -0.2) is 43.9 Å². The van der Waals surface area contributed by atoms with Crippen molar-refractivity contribution < 1.29 is 19.1 Å². The second-order valence-corrected chi connectivity index (χ2v) is 5.84. The number of carbonyl (C=O) groups excluding carboxylic acids is 2. The van der Waals surface area contributed by atoms with E-state index in [9.17, 15) is 9.59 Å². The molecule has 1 aromatic carbocycles. The van der Waals surface area contributed by atoms with Crippen LogP contribution in [0.3, 0.4) is 0 Å². The predicted octanol–water partition coefficient (Wildman–Crippen LogP) is 2.46. The third kappa shape index (κ3) is 4.24. The minimum Gasteiger partial charge on any atom is -0.493 e. The second kappa shape index (κ2) is 7.99. The molecule has 5 heteroatoms. The molecule has 1 aliphatic heterocycles. The molecule has 0 N–H and O–H groups in total. The van der Waals surface area contributed by atoms with E-state index in [0.29, 0.717) is 43.2 Å². The van der Waals surface area contributed by atoms with E-state index >= 15 is 0 Å². The Bertz CT molecular complexity index is 562. The summed E-state index contributed by atoms with van der Waals surface area (Å²) in [6.45, 7) is 3.24.